The molecule has 0 aliphatic rings. The van der Waals surface area contributed by atoms with Gasteiger partial charge in [-0.15, -0.1) is 9.78 Å². The lowest BCUT2D eigenvalue weighted by Gasteiger charge is -2.13. The summed E-state index contributed by atoms with van der Waals surface area (Å²) in [7, 11) is 4.18. The van der Waals surface area contributed by atoms with Crippen LogP contribution in [0, 0.1) is 0 Å². The van der Waals surface area contributed by atoms with Gasteiger partial charge in [0.15, 0.2) is 7.05 Å². The average Bonchev–Trinajstić information content (AvgIpc) is 3.46. The predicted octanol–water partition coefficient (Wildman–Crippen LogP) is 7.40. The summed E-state index contributed by atoms with van der Waals surface area (Å²) < 4.78 is 16.3. The van der Waals surface area contributed by atoms with Gasteiger partial charge >= 0.3 is 5.76 Å². The van der Waals surface area contributed by atoms with E-state index >= 15 is 0 Å². The number of nitrogens with zero attached hydrogens (tertiary/aromatic N) is 4. The van der Waals surface area contributed by atoms with Crippen LogP contribution in [0.4, 0.5) is 0 Å². The van der Waals surface area contributed by atoms with Crippen LogP contribution in [0.15, 0.2) is 88.1 Å². The minimum absolute atomic E-state index is 0.0642. The van der Waals surface area contributed by atoms with E-state index in [0.29, 0.717) is 22.4 Å². The van der Waals surface area contributed by atoms with Crippen molar-refractivity contribution in [2.24, 2.45) is 14.1 Å². The molecule has 2 heterocycles. The molecule has 5 rings (SSSR count). The third-order valence-electron chi connectivity index (χ3n) is 6.34. The standard InChI is InChI=1S/C17H17N2.C15H18Cl2N2O3/c1-18-16(14-9-5-3-6-10-14)13-17(19(18)2)15-11-7-4-8-12-15;1-8(2)21-12-7-11(9(16)6-10(12)17)19-14(20)22-13(18-19)15(3,4)5/h3-13H,1-2H3;6-8H,1-5H3/q+1;. The largest absolute Gasteiger partial charge is 0.489 e. The number of hydrogen-bond donors (Lipinski definition) is 0. The quantitative estimate of drug-likeness (QED) is 0.199. The maximum Gasteiger partial charge on any atom is 0.442 e. The van der Waals surface area contributed by atoms with Gasteiger partial charge in [0.25, 0.3) is 0 Å². The third-order valence-corrected chi connectivity index (χ3v) is 6.94. The first-order valence-electron chi connectivity index (χ1n) is 13.3. The molecule has 2 aromatic heterocycles. The van der Waals surface area contributed by atoms with Crippen LogP contribution in [0.1, 0.15) is 40.5 Å². The Morgan fingerprint density at radius 1 is 0.902 bits per heavy atom. The maximum atomic E-state index is 12.1. The van der Waals surface area contributed by atoms with Crippen molar-refractivity contribution in [1.29, 1.82) is 0 Å². The average molecular weight is 595 g/mol. The molecule has 9 heteroatoms. The lowest BCUT2D eigenvalue weighted by Crippen LogP contribution is -2.39. The van der Waals surface area contributed by atoms with E-state index in [-0.39, 0.29) is 16.5 Å². The summed E-state index contributed by atoms with van der Waals surface area (Å²) in [5.41, 5.74) is 4.90. The minimum atomic E-state index is -0.607. The Morgan fingerprint density at radius 2 is 1.49 bits per heavy atom. The molecular weight excluding hydrogens is 559 g/mol. The second-order valence-corrected chi connectivity index (χ2v) is 11.7. The zero-order chi connectivity index (χ0) is 29.9. The van der Waals surface area contributed by atoms with Gasteiger partial charge in [0.2, 0.25) is 11.6 Å². The van der Waals surface area contributed by atoms with Crippen molar-refractivity contribution < 1.29 is 13.8 Å². The summed E-state index contributed by atoms with van der Waals surface area (Å²) in [4.78, 5) is 12.1. The molecule has 214 valence electrons. The van der Waals surface area contributed by atoms with Crippen LogP contribution in [-0.2, 0) is 19.5 Å². The van der Waals surface area contributed by atoms with Gasteiger partial charge in [0.05, 0.1) is 28.9 Å². The molecule has 0 aliphatic carbocycles. The Labute approximate surface area is 250 Å². The second kappa shape index (κ2) is 12.4. The molecule has 0 amide bonds. The van der Waals surface area contributed by atoms with Gasteiger partial charge in [-0.3, -0.25) is 0 Å². The molecule has 0 bridgehead atoms. The molecule has 0 N–H and O–H groups in total. The Kier molecular flexibility index (Phi) is 9.10. The van der Waals surface area contributed by atoms with Crippen LogP contribution in [-0.4, -0.2) is 20.6 Å². The van der Waals surface area contributed by atoms with Gasteiger partial charge in [-0.05, 0) is 32.0 Å². The topological polar surface area (TPSA) is 66.1 Å². The van der Waals surface area contributed by atoms with Gasteiger partial charge in [0.1, 0.15) is 11.4 Å². The summed E-state index contributed by atoms with van der Waals surface area (Å²) in [6, 6.07) is 26.3. The third kappa shape index (κ3) is 6.92. The second-order valence-electron chi connectivity index (χ2n) is 10.9. The lowest BCUT2D eigenvalue weighted by molar-refractivity contribution is -0.740. The molecule has 0 saturated carbocycles. The van der Waals surface area contributed by atoms with E-state index < -0.39 is 5.76 Å². The number of rotatable bonds is 5. The summed E-state index contributed by atoms with van der Waals surface area (Å²) in [5, 5.41) is 4.88. The Bertz CT molecular complexity index is 1620. The highest BCUT2D eigenvalue weighted by atomic mass is 35.5. The number of aromatic nitrogens is 4. The van der Waals surface area contributed by atoms with Gasteiger partial charge in [-0.1, -0.05) is 92.5 Å². The van der Waals surface area contributed by atoms with Crippen molar-refractivity contribution in [3.63, 3.8) is 0 Å². The van der Waals surface area contributed by atoms with Crippen LogP contribution in [0.2, 0.25) is 10.0 Å². The van der Waals surface area contributed by atoms with Gasteiger partial charge in [-0.2, -0.15) is 9.36 Å². The molecule has 0 radical (unpaired) electrons. The summed E-state index contributed by atoms with van der Waals surface area (Å²) >= 11 is 12.3. The molecule has 5 aromatic rings. The Hall–Kier alpha value is -3.81. The van der Waals surface area contributed by atoms with Gasteiger partial charge in [0, 0.05) is 28.7 Å². The van der Waals surface area contributed by atoms with E-state index in [0.717, 1.165) is 4.68 Å². The highest BCUT2D eigenvalue weighted by molar-refractivity contribution is 6.36. The van der Waals surface area contributed by atoms with Crippen molar-refractivity contribution >= 4 is 23.2 Å². The Morgan fingerprint density at radius 3 is 2.02 bits per heavy atom. The van der Waals surface area contributed by atoms with E-state index in [9.17, 15) is 4.79 Å². The normalized spacial score (nSPS) is 11.4. The molecule has 0 unspecified atom stereocenters. The zero-order valence-electron chi connectivity index (χ0n) is 24.4. The molecule has 7 nitrogen and oxygen atoms in total. The lowest BCUT2D eigenvalue weighted by atomic mass is 9.97. The highest BCUT2D eigenvalue weighted by Gasteiger charge is 2.24. The van der Waals surface area contributed by atoms with E-state index in [1.807, 2.05) is 46.8 Å². The fourth-order valence-electron chi connectivity index (χ4n) is 4.16. The molecule has 0 fully saturated rings. The van der Waals surface area contributed by atoms with Crippen molar-refractivity contribution in [2.45, 2.75) is 46.1 Å². The van der Waals surface area contributed by atoms with E-state index in [1.54, 1.807) is 6.07 Å². The molecule has 0 aliphatic heterocycles. The first kappa shape index (κ1) is 30.2. The number of ether oxygens (including phenoxy) is 1. The summed E-state index contributed by atoms with van der Waals surface area (Å²) in [6.45, 7) is 9.47. The predicted molar refractivity (Wildman–Crippen MR) is 164 cm³/mol. The maximum absolute atomic E-state index is 12.1. The molecule has 41 heavy (non-hydrogen) atoms. The van der Waals surface area contributed by atoms with Crippen LogP contribution in [0.3, 0.4) is 0 Å². The molecule has 0 atom stereocenters. The van der Waals surface area contributed by atoms with Crippen LogP contribution < -0.4 is 15.2 Å². The molecule has 0 spiro atoms. The smallest absolute Gasteiger partial charge is 0.442 e. The minimum Gasteiger partial charge on any atom is -0.489 e. The number of benzene rings is 3. The van der Waals surface area contributed by atoms with Gasteiger partial charge < -0.3 is 9.15 Å². The van der Waals surface area contributed by atoms with E-state index in [2.05, 4.69) is 83.2 Å². The SMILES string of the molecule is CC(C)Oc1cc(-n2nc(C(C)(C)C)oc2=O)c(Cl)cc1Cl.Cn1c(-c2ccccc2)cc(-c2ccccc2)[n+]1C. The molecule has 0 saturated heterocycles. The zero-order valence-corrected chi connectivity index (χ0v) is 25.9. The van der Waals surface area contributed by atoms with E-state index in [1.165, 1.54) is 28.6 Å². The van der Waals surface area contributed by atoms with Crippen LogP contribution >= 0.6 is 23.2 Å². The first-order valence-corrected chi connectivity index (χ1v) is 14.1. The van der Waals surface area contributed by atoms with E-state index in [4.69, 9.17) is 32.4 Å². The summed E-state index contributed by atoms with van der Waals surface area (Å²) in [5.74, 6) is 0.155. The van der Waals surface area contributed by atoms with Crippen molar-refractivity contribution in [3.8, 4) is 34.0 Å². The highest BCUT2D eigenvalue weighted by Crippen LogP contribution is 2.33. The summed E-state index contributed by atoms with van der Waals surface area (Å²) in [6.07, 6.45) is -0.0642. The molecule has 3 aromatic carbocycles. The monoisotopic (exact) mass is 593 g/mol. The fraction of sp³-hybridized carbons (Fsp3) is 0.281. The number of halogens is 2. The van der Waals surface area contributed by atoms with Crippen LogP contribution in [0.5, 0.6) is 5.75 Å². The fourth-order valence-corrected chi connectivity index (χ4v) is 4.66. The first-order chi connectivity index (χ1) is 19.4. The molecular formula is C32H35Cl2N4O3+. The van der Waals surface area contributed by atoms with Crippen molar-refractivity contribution in [2.75, 3.05) is 0 Å². The Balaban J connectivity index is 0.000000191. The van der Waals surface area contributed by atoms with Gasteiger partial charge in [-0.25, -0.2) is 4.79 Å². The van der Waals surface area contributed by atoms with Crippen LogP contribution in [0.25, 0.3) is 28.2 Å². The number of hydrogen-bond acceptors (Lipinski definition) is 4. The van der Waals surface area contributed by atoms with Crippen molar-refractivity contribution in [3.05, 3.63) is 105 Å². The van der Waals surface area contributed by atoms with Crippen molar-refractivity contribution in [1.82, 2.24) is 14.5 Å².